The smallest absolute Gasteiger partial charge is 0.226 e. The summed E-state index contributed by atoms with van der Waals surface area (Å²) in [7, 11) is 0. The molecule has 4 heteroatoms. The highest BCUT2D eigenvalue weighted by molar-refractivity contribution is 5.78. The lowest BCUT2D eigenvalue weighted by atomic mass is 10.1. The molecule has 0 radical (unpaired) electrons. The van der Waals surface area contributed by atoms with Crippen molar-refractivity contribution >= 4 is 5.91 Å². The Bertz CT molecular complexity index is 456. The van der Waals surface area contributed by atoms with E-state index in [1.54, 1.807) is 0 Å². The Balaban J connectivity index is 1.86. The van der Waals surface area contributed by atoms with Gasteiger partial charge in [-0.15, -0.1) is 0 Å². The van der Waals surface area contributed by atoms with Crippen molar-refractivity contribution < 1.29 is 4.79 Å². The Labute approximate surface area is 133 Å². The van der Waals surface area contributed by atoms with Gasteiger partial charge in [-0.3, -0.25) is 4.79 Å². The molecule has 0 bridgehead atoms. The average molecular weight is 301 g/mol. The maximum absolute atomic E-state index is 12.5. The third-order valence-electron chi connectivity index (χ3n) is 3.86. The van der Waals surface area contributed by atoms with Crippen LogP contribution in [0.15, 0.2) is 42.5 Å². The van der Waals surface area contributed by atoms with Gasteiger partial charge in [0.05, 0.1) is 6.42 Å². The Morgan fingerprint density at radius 1 is 1.05 bits per heavy atom. The number of nitrogens with zero attached hydrogens (tertiary/aromatic N) is 1. The zero-order valence-corrected chi connectivity index (χ0v) is 13.3. The van der Waals surface area contributed by atoms with E-state index in [0.717, 1.165) is 57.7 Å². The molecule has 4 nitrogen and oxygen atoms in total. The minimum atomic E-state index is 0.229. The quantitative estimate of drug-likeness (QED) is 0.815. The third-order valence-corrected chi connectivity index (χ3v) is 3.86. The van der Waals surface area contributed by atoms with E-state index < -0.39 is 0 Å². The molecule has 120 valence electrons. The highest BCUT2D eigenvalue weighted by Crippen LogP contribution is 2.05. The zero-order chi connectivity index (χ0) is 15.6. The number of hydrogen-bond donors (Lipinski definition) is 2. The molecule has 1 amide bonds. The molecule has 2 N–H and O–H groups in total. The summed E-state index contributed by atoms with van der Waals surface area (Å²) in [4.78, 5) is 14.5. The molecule has 1 fully saturated rings. The molecule has 1 aromatic carbocycles. The molecular weight excluding hydrogens is 274 g/mol. The molecule has 0 saturated carbocycles. The van der Waals surface area contributed by atoms with E-state index in [4.69, 9.17) is 0 Å². The van der Waals surface area contributed by atoms with E-state index in [1.807, 2.05) is 35.2 Å². The largest absolute Gasteiger partial charge is 0.342 e. The van der Waals surface area contributed by atoms with E-state index >= 15 is 0 Å². The summed E-state index contributed by atoms with van der Waals surface area (Å²) in [5.74, 6) is 0.229. The van der Waals surface area contributed by atoms with E-state index in [9.17, 15) is 4.79 Å². The van der Waals surface area contributed by atoms with Crippen LogP contribution in [0.3, 0.4) is 0 Å². The summed E-state index contributed by atoms with van der Waals surface area (Å²) in [5, 5.41) is 6.77. The van der Waals surface area contributed by atoms with Gasteiger partial charge in [-0.2, -0.15) is 0 Å². The van der Waals surface area contributed by atoms with Crippen molar-refractivity contribution in [3.63, 3.8) is 0 Å². The normalized spacial score (nSPS) is 18.4. The number of nitrogens with one attached hydrogen (secondary N) is 2. The summed E-state index contributed by atoms with van der Waals surface area (Å²) in [6.07, 6.45) is 2.47. The maximum Gasteiger partial charge on any atom is 0.226 e. The van der Waals surface area contributed by atoms with Crippen LogP contribution in [0.4, 0.5) is 0 Å². The van der Waals surface area contributed by atoms with E-state index in [1.165, 1.54) is 5.57 Å². The molecule has 2 rings (SSSR count). The van der Waals surface area contributed by atoms with Gasteiger partial charge >= 0.3 is 0 Å². The Hall–Kier alpha value is -1.65. The summed E-state index contributed by atoms with van der Waals surface area (Å²) < 4.78 is 0. The Kier molecular flexibility index (Phi) is 7.13. The highest BCUT2D eigenvalue weighted by atomic mass is 16.2. The van der Waals surface area contributed by atoms with Crippen LogP contribution in [0, 0.1) is 0 Å². The molecule has 0 aliphatic carbocycles. The van der Waals surface area contributed by atoms with Gasteiger partial charge in [0, 0.05) is 26.2 Å². The number of carbonyl (C=O) groups excluding carboxylic acids is 1. The van der Waals surface area contributed by atoms with Gasteiger partial charge in [0.15, 0.2) is 0 Å². The third kappa shape index (κ3) is 6.00. The lowest BCUT2D eigenvalue weighted by molar-refractivity contribution is -0.130. The van der Waals surface area contributed by atoms with Crippen molar-refractivity contribution in [2.75, 3.05) is 39.3 Å². The molecule has 1 heterocycles. The summed E-state index contributed by atoms with van der Waals surface area (Å²) >= 11 is 0. The first-order chi connectivity index (χ1) is 10.8. The fraction of sp³-hybridized carbons (Fsp3) is 0.500. The first-order valence-corrected chi connectivity index (χ1v) is 8.15. The molecule has 0 unspecified atom stereocenters. The van der Waals surface area contributed by atoms with Gasteiger partial charge in [-0.1, -0.05) is 36.9 Å². The standard InChI is InChI=1S/C18H27N3O/c1-16-14-19-9-5-11-21(12-6-10-20-15-16)18(22)13-17-7-3-2-4-8-17/h2-4,7-8,19-20H,1,5-6,9-15H2. The first-order valence-electron chi connectivity index (χ1n) is 8.15. The maximum atomic E-state index is 12.5. The van der Waals surface area contributed by atoms with Crippen molar-refractivity contribution in [3.05, 3.63) is 48.0 Å². The van der Waals surface area contributed by atoms with Crippen molar-refractivity contribution in [2.24, 2.45) is 0 Å². The van der Waals surface area contributed by atoms with E-state index in [2.05, 4.69) is 17.2 Å². The average Bonchev–Trinajstić information content (AvgIpc) is 2.51. The van der Waals surface area contributed by atoms with Gasteiger partial charge in [0.1, 0.15) is 0 Å². The van der Waals surface area contributed by atoms with Crippen molar-refractivity contribution in [3.8, 4) is 0 Å². The van der Waals surface area contributed by atoms with Crippen LogP contribution >= 0.6 is 0 Å². The van der Waals surface area contributed by atoms with Crippen LogP contribution in [0.1, 0.15) is 18.4 Å². The lowest BCUT2D eigenvalue weighted by Crippen LogP contribution is -2.37. The predicted molar refractivity (Wildman–Crippen MR) is 90.8 cm³/mol. The molecule has 1 aliphatic heterocycles. The summed E-state index contributed by atoms with van der Waals surface area (Å²) in [6, 6.07) is 9.99. The molecular formula is C18H27N3O. The van der Waals surface area contributed by atoms with E-state index in [0.29, 0.717) is 6.42 Å². The number of hydrogen-bond acceptors (Lipinski definition) is 3. The fourth-order valence-corrected chi connectivity index (χ4v) is 2.63. The van der Waals surface area contributed by atoms with Gasteiger partial charge in [0.25, 0.3) is 0 Å². The van der Waals surface area contributed by atoms with Crippen molar-refractivity contribution in [1.82, 2.24) is 15.5 Å². The van der Waals surface area contributed by atoms with Gasteiger partial charge in [-0.25, -0.2) is 0 Å². The molecule has 0 aromatic heterocycles. The van der Waals surface area contributed by atoms with Gasteiger partial charge < -0.3 is 15.5 Å². The Morgan fingerprint density at radius 3 is 2.23 bits per heavy atom. The van der Waals surface area contributed by atoms with Crippen LogP contribution in [0.25, 0.3) is 0 Å². The first kappa shape index (κ1) is 16.7. The minimum absolute atomic E-state index is 0.229. The second-order valence-electron chi connectivity index (χ2n) is 5.85. The summed E-state index contributed by atoms with van der Waals surface area (Å²) in [6.45, 7) is 9.25. The number of benzene rings is 1. The number of rotatable bonds is 2. The zero-order valence-electron chi connectivity index (χ0n) is 13.3. The minimum Gasteiger partial charge on any atom is -0.342 e. The van der Waals surface area contributed by atoms with Crippen molar-refractivity contribution in [1.29, 1.82) is 0 Å². The second kappa shape index (κ2) is 9.38. The molecule has 22 heavy (non-hydrogen) atoms. The molecule has 1 saturated heterocycles. The van der Waals surface area contributed by atoms with Crippen LogP contribution in [-0.4, -0.2) is 50.1 Å². The van der Waals surface area contributed by atoms with Crippen LogP contribution in [0.5, 0.6) is 0 Å². The number of carbonyl (C=O) groups is 1. The lowest BCUT2D eigenvalue weighted by Gasteiger charge is -2.24. The fourth-order valence-electron chi connectivity index (χ4n) is 2.63. The highest BCUT2D eigenvalue weighted by Gasteiger charge is 2.13. The molecule has 0 spiro atoms. The Morgan fingerprint density at radius 2 is 1.64 bits per heavy atom. The van der Waals surface area contributed by atoms with E-state index in [-0.39, 0.29) is 5.91 Å². The summed E-state index contributed by atoms with van der Waals surface area (Å²) in [5.41, 5.74) is 2.28. The molecule has 1 aromatic rings. The van der Waals surface area contributed by atoms with Gasteiger partial charge in [-0.05, 0) is 37.1 Å². The van der Waals surface area contributed by atoms with Crippen LogP contribution < -0.4 is 10.6 Å². The molecule has 1 aliphatic rings. The monoisotopic (exact) mass is 301 g/mol. The van der Waals surface area contributed by atoms with Crippen LogP contribution in [0.2, 0.25) is 0 Å². The topological polar surface area (TPSA) is 44.4 Å². The van der Waals surface area contributed by atoms with Gasteiger partial charge in [0.2, 0.25) is 5.91 Å². The molecule has 0 atom stereocenters. The number of amides is 1. The SMILES string of the molecule is C=C1CNCCCN(C(=O)Cc2ccccc2)CCCNC1. The van der Waals surface area contributed by atoms with Crippen LogP contribution in [-0.2, 0) is 11.2 Å². The predicted octanol–water partition coefficient (Wildman–Crippen LogP) is 1.59. The second-order valence-corrected chi connectivity index (χ2v) is 5.85. The van der Waals surface area contributed by atoms with Crippen molar-refractivity contribution in [2.45, 2.75) is 19.3 Å².